The highest BCUT2D eigenvalue weighted by Gasteiger charge is 2.45. The van der Waals surface area contributed by atoms with E-state index in [-0.39, 0.29) is 0 Å². The summed E-state index contributed by atoms with van der Waals surface area (Å²) in [5, 5.41) is 18.3. The first-order valence-electron chi connectivity index (χ1n) is 14.5. The number of nitrogens with zero attached hydrogens (tertiary/aromatic N) is 3. The third kappa shape index (κ3) is 5.52. The number of fused-ring (bicyclic) bond motifs is 2. The molecule has 1 N–H and O–H groups in total. The Morgan fingerprint density at radius 1 is 0.750 bits per heavy atom. The molecule has 0 amide bonds. The summed E-state index contributed by atoms with van der Waals surface area (Å²) in [6.45, 7) is 2.08. The molecule has 8 nitrogen and oxygen atoms in total. The number of hydrogen-bond acceptors (Lipinski definition) is 5. The predicted octanol–water partition coefficient (Wildman–Crippen LogP) is 7.30. The van der Waals surface area contributed by atoms with Crippen LogP contribution >= 0.6 is 7.59 Å². The van der Waals surface area contributed by atoms with Crippen molar-refractivity contribution in [3.05, 3.63) is 114 Å². The van der Waals surface area contributed by atoms with Crippen LogP contribution in [-0.2, 0) is 17.7 Å². The van der Waals surface area contributed by atoms with Crippen LogP contribution in [0.4, 0.5) is 0 Å². The zero-order chi connectivity index (χ0) is 30.7. The van der Waals surface area contributed by atoms with E-state index in [1.54, 1.807) is 12.1 Å². The maximum atomic E-state index is 15.4. The van der Waals surface area contributed by atoms with Crippen molar-refractivity contribution in [2.75, 3.05) is 34.4 Å². The van der Waals surface area contributed by atoms with Gasteiger partial charge in [0.25, 0.3) is 7.59 Å². The Hall–Kier alpha value is -4.38. The van der Waals surface area contributed by atoms with Crippen LogP contribution in [-0.4, -0.2) is 43.8 Å². The lowest BCUT2D eigenvalue weighted by molar-refractivity contribution is 0.323. The highest BCUT2D eigenvalue weighted by Crippen LogP contribution is 2.57. The molecular formula is C35H35N4O4P. The monoisotopic (exact) mass is 606 g/mol. The number of nitrogens with one attached hydrogen (secondary N) is 1. The van der Waals surface area contributed by atoms with E-state index in [1.165, 1.54) is 21.3 Å². The molecule has 6 rings (SSSR count). The summed E-state index contributed by atoms with van der Waals surface area (Å²) in [7, 11) is 1.10. The molecule has 5 aromatic rings. The van der Waals surface area contributed by atoms with Crippen molar-refractivity contribution < 1.29 is 18.8 Å². The molecule has 0 saturated carbocycles. The zero-order valence-corrected chi connectivity index (χ0v) is 26.0. The maximum absolute atomic E-state index is 15.4. The summed E-state index contributed by atoms with van der Waals surface area (Å²) in [4.78, 5) is 0. The SMILES string of the molecule is COc1cc([C@@H](C#N)NP2(=O)N(Cc3cccc4ccccc34)CCN2Cc2cccc3ccccc23)cc(OC)c1OC. The van der Waals surface area contributed by atoms with Gasteiger partial charge in [0.1, 0.15) is 6.04 Å². The molecular weight excluding hydrogens is 571 g/mol. The van der Waals surface area contributed by atoms with Crippen molar-refractivity contribution in [3.8, 4) is 23.3 Å². The standard InChI is InChI=1S/C35H35N4O4P/c1-41-33-20-29(21-34(42-2)35(33)43-3)32(22-36)37-44(40)38(23-27-14-8-12-25-10-4-6-16-30(25)27)18-19-39(44)24-28-15-9-13-26-11-5-7-17-31(26)28/h4-17,20-21,32H,18-19,23-24H2,1-3H3,(H,37,40)/t32-/m1/s1. The summed E-state index contributed by atoms with van der Waals surface area (Å²) in [6.07, 6.45) is 0. The van der Waals surface area contributed by atoms with Gasteiger partial charge in [0.05, 0.1) is 27.4 Å². The molecule has 0 bridgehead atoms. The summed E-state index contributed by atoms with van der Waals surface area (Å²) in [5.74, 6) is 1.28. The maximum Gasteiger partial charge on any atom is 0.286 e. The lowest BCUT2D eigenvalue weighted by atomic mass is 10.0. The molecule has 1 saturated heterocycles. The zero-order valence-electron chi connectivity index (χ0n) is 25.1. The van der Waals surface area contributed by atoms with Crippen LogP contribution in [0.2, 0.25) is 0 Å². The van der Waals surface area contributed by atoms with Crippen LogP contribution in [0.3, 0.4) is 0 Å². The second-order valence-corrected chi connectivity index (χ2v) is 13.2. The van der Waals surface area contributed by atoms with Gasteiger partial charge in [-0.05, 0) is 50.4 Å². The molecule has 44 heavy (non-hydrogen) atoms. The minimum Gasteiger partial charge on any atom is -0.493 e. The molecule has 0 spiro atoms. The van der Waals surface area contributed by atoms with E-state index in [1.807, 2.05) is 45.7 Å². The van der Waals surface area contributed by atoms with Crippen LogP contribution in [0.15, 0.2) is 97.1 Å². The Bertz CT molecular complexity index is 1780. The van der Waals surface area contributed by atoms with Gasteiger partial charge in [-0.25, -0.2) is 14.4 Å². The van der Waals surface area contributed by atoms with E-state index in [0.717, 1.165) is 32.7 Å². The number of rotatable bonds is 10. The van der Waals surface area contributed by atoms with Gasteiger partial charge in [-0.1, -0.05) is 84.9 Å². The van der Waals surface area contributed by atoms with Gasteiger partial charge in [0.15, 0.2) is 11.5 Å². The fourth-order valence-corrected chi connectivity index (χ4v) is 8.70. The van der Waals surface area contributed by atoms with Crippen molar-refractivity contribution >= 4 is 29.1 Å². The predicted molar refractivity (Wildman–Crippen MR) is 174 cm³/mol. The molecule has 1 aliphatic rings. The molecule has 1 atom stereocenters. The first-order valence-corrected chi connectivity index (χ1v) is 16.1. The number of ether oxygens (including phenoxy) is 3. The van der Waals surface area contributed by atoms with Crippen LogP contribution in [0, 0.1) is 11.3 Å². The van der Waals surface area contributed by atoms with Crippen LogP contribution < -0.4 is 19.3 Å². The highest BCUT2D eigenvalue weighted by molar-refractivity contribution is 7.57. The largest absolute Gasteiger partial charge is 0.493 e. The Labute approximate surface area is 257 Å². The Kier molecular flexibility index (Phi) is 8.56. The Balaban J connectivity index is 1.41. The van der Waals surface area contributed by atoms with E-state index in [2.05, 4.69) is 59.7 Å². The van der Waals surface area contributed by atoms with E-state index < -0.39 is 13.6 Å². The van der Waals surface area contributed by atoms with Crippen molar-refractivity contribution in [1.82, 2.24) is 14.4 Å². The van der Waals surface area contributed by atoms with E-state index in [4.69, 9.17) is 14.2 Å². The van der Waals surface area contributed by atoms with E-state index in [0.29, 0.717) is 49.0 Å². The second kappa shape index (κ2) is 12.7. The molecule has 0 aromatic heterocycles. The minimum atomic E-state index is -3.50. The summed E-state index contributed by atoms with van der Waals surface area (Å²) in [5.41, 5.74) is 2.73. The van der Waals surface area contributed by atoms with Crippen molar-refractivity contribution in [1.29, 1.82) is 5.26 Å². The molecule has 0 aliphatic carbocycles. The normalized spacial score (nSPS) is 15.7. The molecule has 5 aromatic carbocycles. The van der Waals surface area contributed by atoms with Gasteiger partial charge in [-0.15, -0.1) is 0 Å². The van der Waals surface area contributed by atoms with Crippen molar-refractivity contribution in [3.63, 3.8) is 0 Å². The van der Waals surface area contributed by atoms with Gasteiger partial charge in [-0.2, -0.15) is 5.26 Å². The number of benzene rings is 5. The topological polar surface area (TPSA) is 87.1 Å². The fraction of sp³-hybridized carbons (Fsp3) is 0.229. The van der Waals surface area contributed by atoms with Crippen molar-refractivity contribution in [2.45, 2.75) is 19.1 Å². The molecule has 9 heteroatoms. The second-order valence-electron chi connectivity index (χ2n) is 10.7. The molecule has 1 aliphatic heterocycles. The Morgan fingerprint density at radius 2 is 1.23 bits per heavy atom. The van der Waals surface area contributed by atoms with Gasteiger partial charge >= 0.3 is 0 Å². The number of methoxy groups -OCH3 is 3. The highest BCUT2D eigenvalue weighted by atomic mass is 31.2. The van der Waals surface area contributed by atoms with Crippen LogP contribution in [0.1, 0.15) is 22.7 Å². The number of nitriles is 1. The smallest absolute Gasteiger partial charge is 0.286 e. The average molecular weight is 607 g/mol. The lowest BCUT2D eigenvalue weighted by Crippen LogP contribution is -2.31. The van der Waals surface area contributed by atoms with Crippen molar-refractivity contribution in [2.24, 2.45) is 0 Å². The minimum absolute atomic E-state index is 0.425. The van der Waals surface area contributed by atoms with Gasteiger partial charge in [0.2, 0.25) is 5.75 Å². The quantitative estimate of drug-likeness (QED) is 0.166. The third-order valence-corrected chi connectivity index (χ3v) is 11.1. The van der Waals surface area contributed by atoms with Gasteiger partial charge < -0.3 is 14.2 Å². The van der Waals surface area contributed by atoms with E-state index >= 15 is 4.57 Å². The first kappa shape index (κ1) is 29.7. The van der Waals surface area contributed by atoms with E-state index in [9.17, 15) is 5.26 Å². The summed E-state index contributed by atoms with van der Waals surface area (Å²) < 4.78 is 36.0. The molecule has 0 radical (unpaired) electrons. The number of hydrogen-bond donors (Lipinski definition) is 1. The molecule has 224 valence electrons. The summed E-state index contributed by atoms with van der Waals surface area (Å²) in [6, 6.07) is 33.8. The average Bonchev–Trinajstić information content (AvgIpc) is 3.36. The Morgan fingerprint density at radius 3 is 1.68 bits per heavy atom. The van der Waals surface area contributed by atoms with Crippen LogP contribution in [0.5, 0.6) is 17.2 Å². The first-order chi connectivity index (χ1) is 21.5. The molecule has 1 heterocycles. The summed E-state index contributed by atoms with van der Waals surface area (Å²) >= 11 is 0. The molecule has 0 unspecified atom stereocenters. The third-order valence-electron chi connectivity index (χ3n) is 8.30. The lowest BCUT2D eigenvalue weighted by Gasteiger charge is -2.33. The van der Waals surface area contributed by atoms with Gasteiger partial charge in [-0.3, -0.25) is 4.57 Å². The fourth-order valence-electron chi connectivity index (χ4n) is 6.06. The van der Waals surface area contributed by atoms with Gasteiger partial charge in [0, 0.05) is 26.2 Å². The van der Waals surface area contributed by atoms with Crippen LogP contribution in [0.25, 0.3) is 21.5 Å². The molecule has 1 fully saturated rings.